The van der Waals surface area contributed by atoms with E-state index in [1.807, 2.05) is 23.1 Å². The Morgan fingerprint density at radius 3 is 2.16 bits per heavy atom. The third kappa shape index (κ3) is 5.50. The van der Waals surface area contributed by atoms with Crippen LogP contribution in [-0.2, 0) is 21.2 Å². The van der Waals surface area contributed by atoms with Crippen molar-refractivity contribution in [3.8, 4) is 5.75 Å². The SMILES string of the molecule is COc1ccc2c(c1)CCCN2C(=O)C1CCCN(S(=O)(=O)c2c(C(C)C)cc(C(C)C)cc2C(C)C)C1. The van der Waals surface area contributed by atoms with Crippen LogP contribution in [0.4, 0.5) is 5.69 Å². The minimum absolute atomic E-state index is 0.0272. The third-order valence-corrected chi connectivity index (χ3v) is 10.1. The van der Waals surface area contributed by atoms with Gasteiger partial charge in [-0.3, -0.25) is 4.79 Å². The van der Waals surface area contributed by atoms with Gasteiger partial charge in [0.1, 0.15) is 5.75 Å². The molecule has 1 unspecified atom stereocenters. The minimum Gasteiger partial charge on any atom is -0.497 e. The van der Waals surface area contributed by atoms with E-state index in [0.29, 0.717) is 36.7 Å². The van der Waals surface area contributed by atoms with Gasteiger partial charge in [-0.05, 0) is 83.9 Å². The number of anilines is 1. The van der Waals surface area contributed by atoms with E-state index in [2.05, 4.69) is 53.7 Å². The lowest BCUT2D eigenvalue weighted by atomic mass is 9.89. The molecule has 6 nitrogen and oxygen atoms in total. The Hall–Kier alpha value is -2.38. The molecule has 1 amide bonds. The monoisotopic (exact) mass is 540 g/mol. The number of benzene rings is 2. The van der Waals surface area contributed by atoms with Crippen molar-refractivity contribution in [3.05, 3.63) is 52.6 Å². The summed E-state index contributed by atoms with van der Waals surface area (Å²) in [7, 11) is -2.13. The third-order valence-electron chi connectivity index (χ3n) is 8.08. The van der Waals surface area contributed by atoms with E-state index in [4.69, 9.17) is 4.74 Å². The molecule has 7 heteroatoms. The van der Waals surface area contributed by atoms with E-state index in [1.54, 1.807) is 11.4 Å². The molecule has 1 fully saturated rings. The standard InChI is InChI=1S/C31H44N2O4S/c1-20(2)25-17-27(21(3)4)30(28(18-25)22(5)6)38(35,36)32-14-8-11-24(19-32)31(34)33-15-9-10-23-16-26(37-7)12-13-29(23)33/h12-13,16-18,20-22,24H,8-11,14-15,19H2,1-7H3. The Morgan fingerprint density at radius 2 is 1.58 bits per heavy atom. The van der Waals surface area contributed by atoms with Crippen LogP contribution in [0.25, 0.3) is 0 Å². The number of carbonyl (C=O) groups is 1. The van der Waals surface area contributed by atoms with E-state index >= 15 is 0 Å². The molecule has 2 aromatic carbocycles. The predicted octanol–water partition coefficient (Wildman–Crippen LogP) is 6.45. The van der Waals surface area contributed by atoms with Crippen LogP contribution in [0.2, 0.25) is 0 Å². The average molecular weight is 541 g/mol. The van der Waals surface area contributed by atoms with E-state index in [9.17, 15) is 13.2 Å². The zero-order chi connectivity index (χ0) is 27.8. The number of methoxy groups -OCH3 is 1. The highest BCUT2D eigenvalue weighted by atomic mass is 32.2. The zero-order valence-electron chi connectivity index (χ0n) is 24.1. The Balaban J connectivity index is 1.67. The van der Waals surface area contributed by atoms with Crippen LogP contribution in [-0.4, -0.2) is 45.4 Å². The molecule has 2 heterocycles. The summed E-state index contributed by atoms with van der Waals surface area (Å²) in [5.41, 5.74) is 4.97. The molecule has 1 saturated heterocycles. The normalized spacial score (nSPS) is 18.8. The molecular formula is C31H44N2O4S. The lowest BCUT2D eigenvalue weighted by Crippen LogP contribution is -2.48. The first-order valence-corrected chi connectivity index (χ1v) is 15.6. The molecule has 0 N–H and O–H groups in total. The highest BCUT2D eigenvalue weighted by molar-refractivity contribution is 7.89. The van der Waals surface area contributed by atoms with Crippen molar-refractivity contribution < 1.29 is 17.9 Å². The minimum atomic E-state index is -3.78. The fraction of sp³-hybridized carbons (Fsp3) is 0.581. The lowest BCUT2D eigenvalue weighted by Gasteiger charge is -2.37. The molecule has 0 bridgehead atoms. The number of sulfonamides is 1. The summed E-state index contributed by atoms with van der Waals surface area (Å²) >= 11 is 0. The summed E-state index contributed by atoms with van der Waals surface area (Å²) in [6, 6.07) is 10.0. The lowest BCUT2D eigenvalue weighted by molar-refractivity contribution is -0.123. The van der Waals surface area contributed by atoms with Crippen LogP contribution in [0.15, 0.2) is 35.2 Å². The van der Waals surface area contributed by atoms with Crippen LogP contribution in [0, 0.1) is 5.92 Å². The number of ether oxygens (including phenoxy) is 1. The van der Waals surface area contributed by atoms with Gasteiger partial charge < -0.3 is 9.64 Å². The van der Waals surface area contributed by atoms with E-state index in [-0.39, 0.29) is 30.2 Å². The summed E-state index contributed by atoms with van der Waals surface area (Å²) < 4.78 is 35.6. The first-order valence-electron chi connectivity index (χ1n) is 14.1. The maximum Gasteiger partial charge on any atom is 0.243 e. The second kappa shape index (κ2) is 11.4. The van der Waals surface area contributed by atoms with Crippen LogP contribution in [0.3, 0.4) is 0 Å². The summed E-state index contributed by atoms with van der Waals surface area (Å²) in [4.78, 5) is 16.1. The summed E-state index contributed by atoms with van der Waals surface area (Å²) in [5, 5.41) is 0. The van der Waals surface area contributed by atoms with Gasteiger partial charge in [0.2, 0.25) is 15.9 Å². The Morgan fingerprint density at radius 1 is 0.921 bits per heavy atom. The molecule has 1 atom stereocenters. The fourth-order valence-electron chi connectivity index (χ4n) is 5.83. The second-order valence-corrected chi connectivity index (χ2v) is 13.7. The molecule has 2 aromatic rings. The van der Waals surface area contributed by atoms with Gasteiger partial charge in [-0.1, -0.05) is 53.7 Å². The molecule has 208 valence electrons. The van der Waals surface area contributed by atoms with Crippen LogP contribution in [0.1, 0.15) is 101 Å². The van der Waals surface area contributed by atoms with Crippen molar-refractivity contribution >= 4 is 21.6 Å². The molecule has 38 heavy (non-hydrogen) atoms. The Kier molecular flexibility index (Phi) is 8.58. The van der Waals surface area contributed by atoms with Crippen molar-refractivity contribution in [2.45, 2.75) is 89.9 Å². The van der Waals surface area contributed by atoms with E-state index in [1.165, 1.54) is 5.56 Å². The number of hydrogen-bond acceptors (Lipinski definition) is 4. The van der Waals surface area contributed by atoms with Crippen molar-refractivity contribution in [2.24, 2.45) is 5.92 Å². The molecule has 0 aliphatic carbocycles. The zero-order valence-corrected chi connectivity index (χ0v) is 24.9. The number of rotatable bonds is 7. The van der Waals surface area contributed by atoms with Gasteiger partial charge in [-0.15, -0.1) is 0 Å². The maximum atomic E-state index is 14.3. The topological polar surface area (TPSA) is 66.9 Å². The highest BCUT2D eigenvalue weighted by Crippen LogP contribution is 2.38. The fourth-order valence-corrected chi connectivity index (χ4v) is 8.02. The number of carbonyl (C=O) groups excluding carboxylic acids is 1. The first kappa shape index (κ1) is 28.6. The second-order valence-electron chi connectivity index (χ2n) is 11.8. The van der Waals surface area contributed by atoms with Gasteiger partial charge in [0.25, 0.3) is 0 Å². The van der Waals surface area contributed by atoms with Crippen molar-refractivity contribution in [1.82, 2.24) is 4.31 Å². The molecule has 0 aromatic heterocycles. The van der Waals surface area contributed by atoms with Gasteiger partial charge in [0.15, 0.2) is 0 Å². The number of fused-ring (bicyclic) bond motifs is 1. The number of nitrogens with zero attached hydrogens (tertiary/aromatic N) is 2. The smallest absolute Gasteiger partial charge is 0.243 e. The molecule has 4 rings (SSSR count). The molecule has 2 aliphatic heterocycles. The van der Waals surface area contributed by atoms with Crippen LogP contribution in [0.5, 0.6) is 5.75 Å². The van der Waals surface area contributed by atoms with Crippen molar-refractivity contribution in [1.29, 1.82) is 0 Å². The van der Waals surface area contributed by atoms with E-state index in [0.717, 1.165) is 41.0 Å². The van der Waals surface area contributed by atoms with Crippen molar-refractivity contribution in [2.75, 3.05) is 31.6 Å². The van der Waals surface area contributed by atoms with Gasteiger partial charge >= 0.3 is 0 Å². The number of amides is 1. The van der Waals surface area contributed by atoms with E-state index < -0.39 is 10.0 Å². The predicted molar refractivity (Wildman–Crippen MR) is 154 cm³/mol. The van der Waals surface area contributed by atoms with Crippen LogP contribution < -0.4 is 9.64 Å². The molecule has 0 saturated carbocycles. The Labute approximate surface area is 229 Å². The quantitative estimate of drug-likeness (QED) is 0.405. The van der Waals surface area contributed by atoms with Gasteiger partial charge in [0, 0.05) is 25.3 Å². The maximum absolute atomic E-state index is 14.3. The number of piperidine rings is 1. The summed E-state index contributed by atoms with van der Waals surface area (Å²) in [6.07, 6.45) is 3.17. The Bertz CT molecular complexity index is 1250. The summed E-state index contributed by atoms with van der Waals surface area (Å²) in [5.74, 6) is 0.912. The first-order chi connectivity index (χ1) is 17.9. The molecule has 2 aliphatic rings. The average Bonchev–Trinajstić information content (AvgIpc) is 2.91. The number of hydrogen-bond donors (Lipinski definition) is 0. The van der Waals surface area contributed by atoms with Crippen LogP contribution >= 0.6 is 0 Å². The molecular weight excluding hydrogens is 496 g/mol. The molecule has 0 radical (unpaired) electrons. The number of aryl methyl sites for hydroxylation is 1. The van der Waals surface area contributed by atoms with Crippen molar-refractivity contribution in [3.63, 3.8) is 0 Å². The van der Waals surface area contributed by atoms with Gasteiger partial charge in [-0.2, -0.15) is 4.31 Å². The molecule has 0 spiro atoms. The van der Waals surface area contributed by atoms with Gasteiger partial charge in [0.05, 0.1) is 17.9 Å². The van der Waals surface area contributed by atoms with Gasteiger partial charge in [-0.25, -0.2) is 8.42 Å². The summed E-state index contributed by atoms with van der Waals surface area (Å²) in [6.45, 7) is 13.9. The highest BCUT2D eigenvalue weighted by Gasteiger charge is 2.38. The largest absolute Gasteiger partial charge is 0.497 e.